The van der Waals surface area contributed by atoms with Gasteiger partial charge in [0.1, 0.15) is 5.58 Å². The topological polar surface area (TPSA) is 80.1 Å². The van der Waals surface area contributed by atoms with Crippen molar-refractivity contribution in [3.63, 3.8) is 0 Å². The number of fused-ring (bicyclic) bond motifs is 1. The summed E-state index contributed by atoms with van der Waals surface area (Å²) in [5.74, 6) is -0.334. The fraction of sp³-hybridized carbons (Fsp3) is 0.433. The van der Waals surface area contributed by atoms with Crippen LogP contribution in [0.25, 0.3) is 11.0 Å². The molecule has 0 N–H and O–H groups in total. The standard InChI is InChI=1S/C30H35ClN2O5/c1-21-11-12-26-25(14-21)28(35)23(19-38-26)16-32(15-22-8-5-4-6-9-22)27(34)18-33(17-24-10-7-13-37-24)29(36)30(2,3)20-31/h4-6,8-9,11-12,14,19,24H,7,10,13,15-18,20H2,1-3H3. The van der Waals surface area contributed by atoms with Gasteiger partial charge in [-0.3, -0.25) is 14.4 Å². The highest BCUT2D eigenvalue weighted by molar-refractivity contribution is 6.19. The van der Waals surface area contributed by atoms with Gasteiger partial charge in [-0.1, -0.05) is 42.0 Å². The SMILES string of the molecule is Cc1ccc2occ(CN(Cc3ccccc3)C(=O)CN(CC3CCCO3)C(=O)C(C)(C)CCl)c(=O)c2c1. The van der Waals surface area contributed by atoms with Gasteiger partial charge < -0.3 is 19.0 Å². The number of aryl methyl sites for hydroxylation is 1. The summed E-state index contributed by atoms with van der Waals surface area (Å²) in [4.78, 5) is 43.7. The fourth-order valence-corrected chi connectivity index (χ4v) is 4.75. The Morgan fingerprint density at radius 1 is 1.08 bits per heavy atom. The first kappa shape index (κ1) is 27.9. The van der Waals surface area contributed by atoms with Gasteiger partial charge >= 0.3 is 0 Å². The predicted molar refractivity (Wildman–Crippen MR) is 148 cm³/mol. The number of hydrogen-bond donors (Lipinski definition) is 0. The average molecular weight is 539 g/mol. The molecule has 1 fully saturated rings. The van der Waals surface area contributed by atoms with E-state index in [1.54, 1.807) is 35.8 Å². The number of halogens is 1. The lowest BCUT2D eigenvalue weighted by Crippen LogP contribution is -2.50. The van der Waals surface area contributed by atoms with Gasteiger partial charge in [-0.05, 0) is 51.3 Å². The number of carbonyl (C=O) groups excluding carboxylic acids is 2. The summed E-state index contributed by atoms with van der Waals surface area (Å²) in [6.45, 7) is 6.65. The van der Waals surface area contributed by atoms with E-state index < -0.39 is 5.41 Å². The van der Waals surface area contributed by atoms with Crippen molar-refractivity contribution in [3.05, 3.63) is 81.7 Å². The molecule has 0 saturated carbocycles. The molecule has 1 aromatic heterocycles. The molecule has 8 heteroatoms. The van der Waals surface area contributed by atoms with Crippen molar-refractivity contribution in [1.82, 2.24) is 9.80 Å². The second kappa shape index (κ2) is 12.1. The number of alkyl halides is 1. The first-order chi connectivity index (χ1) is 18.2. The Morgan fingerprint density at radius 2 is 1.84 bits per heavy atom. The third-order valence-electron chi connectivity index (χ3n) is 6.90. The highest BCUT2D eigenvalue weighted by Crippen LogP contribution is 2.23. The molecule has 4 rings (SSSR count). The Hall–Kier alpha value is -3.16. The number of benzene rings is 2. The minimum Gasteiger partial charge on any atom is -0.464 e. The van der Waals surface area contributed by atoms with Gasteiger partial charge in [0, 0.05) is 25.6 Å². The molecule has 1 atom stereocenters. The molecule has 2 heterocycles. The van der Waals surface area contributed by atoms with Crippen molar-refractivity contribution in [1.29, 1.82) is 0 Å². The predicted octanol–water partition coefficient (Wildman–Crippen LogP) is 4.90. The van der Waals surface area contributed by atoms with Gasteiger partial charge in [0.25, 0.3) is 0 Å². The van der Waals surface area contributed by atoms with Gasteiger partial charge in [-0.15, -0.1) is 11.6 Å². The number of rotatable bonds is 10. The lowest BCUT2D eigenvalue weighted by Gasteiger charge is -2.33. The molecule has 3 aromatic rings. The molecule has 0 aliphatic carbocycles. The molecule has 0 spiro atoms. The number of carbonyl (C=O) groups is 2. The summed E-state index contributed by atoms with van der Waals surface area (Å²) in [7, 11) is 0. The molecule has 1 unspecified atom stereocenters. The molecule has 202 valence electrons. The highest BCUT2D eigenvalue weighted by Gasteiger charge is 2.35. The molecular formula is C30H35ClN2O5. The van der Waals surface area contributed by atoms with E-state index in [1.165, 1.54) is 6.26 Å². The molecule has 1 saturated heterocycles. The number of nitrogens with zero attached hydrogens (tertiary/aromatic N) is 2. The Morgan fingerprint density at radius 3 is 2.53 bits per heavy atom. The highest BCUT2D eigenvalue weighted by atomic mass is 35.5. The van der Waals surface area contributed by atoms with E-state index in [0.29, 0.717) is 29.7 Å². The maximum atomic E-state index is 13.8. The van der Waals surface area contributed by atoms with Crippen LogP contribution < -0.4 is 5.43 Å². The maximum Gasteiger partial charge on any atom is 0.242 e. The lowest BCUT2D eigenvalue weighted by molar-refractivity contribution is -0.147. The van der Waals surface area contributed by atoms with Gasteiger partial charge in [0.2, 0.25) is 11.8 Å². The second-order valence-corrected chi connectivity index (χ2v) is 10.9. The van der Waals surface area contributed by atoms with Crippen molar-refractivity contribution >= 4 is 34.4 Å². The van der Waals surface area contributed by atoms with Crippen molar-refractivity contribution in [2.24, 2.45) is 5.41 Å². The van der Waals surface area contributed by atoms with E-state index in [4.69, 9.17) is 20.8 Å². The summed E-state index contributed by atoms with van der Waals surface area (Å²) in [6, 6.07) is 15.0. The van der Waals surface area contributed by atoms with Gasteiger partial charge in [-0.2, -0.15) is 0 Å². The minimum atomic E-state index is -0.831. The first-order valence-electron chi connectivity index (χ1n) is 13.0. The Balaban J connectivity index is 1.63. The number of hydrogen-bond acceptors (Lipinski definition) is 5. The largest absolute Gasteiger partial charge is 0.464 e. The smallest absolute Gasteiger partial charge is 0.242 e. The van der Waals surface area contributed by atoms with Gasteiger partial charge in [0.15, 0.2) is 5.43 Å². The van der Waals surface area contributed by atoms with E-state index in [-0.39, 0.29) is 48.9 Å². The minimum absolute atomic E-state index is 0.0564. The lowest BCUT2D eigenvalue weighted by atomic mass is 9.94. The summed E-state index contributed by atoms with van der Waals surface area (Å²) in [6.07, 6.45) is 3.08. The van der Waals surface area contributed by atoms with Crippen LogP contribution in [0.3, 0.4) is 0 Å². The van der Waals surface area contributed by atoms with Gasteiger partial charge in [0.05, 0.1) is 41.8 Å². The maximum absolute atomic E-state index is 13.8. The van der Waals surface area contributed by atoms with E-state index >= 15 is 0 Å². The van der Waals surface area contributed by atoms with Crippen LogP contribution in [0.5, 0.6) is 0 Å². The fourth-order valence-electron chi connectivity index (χ4n) is 4.64. The van der Waals surface area contributed by atoms with Gasteiger partial charge in [-0.25, -0.2) is 0 Å². The molecule has 7 nitrogen and oxygen atoms in total. The zero-order chi connectivity index (χ0) is 27.3. The van der Waals surface area contributed by atoms with Crippen LogP contribution in [0.2, 0.25) is 0 Å². The zero-order valence-corrected chi connectivity index (χ0v) is 23.0. The molecule has 0 radical (unpaired) electrons. The third kappa shape index (κ3) is 6.63. The van der Waals surface area contributed by atoms with Crippen molar-refractivity contribution in [2.75, 3.05) is 25.6 Å². The first-order valence-corrected chi connectivity index (χ1v) is 13.5. The summed E-state index contributed by atoms with van der Waals surface area (Å²) in [5, 5.41) is 0.480. The Kier molecular flexibility index (Phi) is 8.90. The zero-order valence-electron chi connectivity index (χ0n) is 22.2. The molecule has 1 aliphatic rings. The van der Waals surface area contributed by atoms with Crippen LogP contribution >= 0.6 is 11.6 Å². The normalized spacial score (nSPS) is 15.5. The van der Waals surface area contributed by atoms with Crippen molar-refractivity contribution in [2.45, 2.75) is 52.8 Å². The monoisotopic (exact) mass is 538 g/mol. The summed E-state index contributed by atoms with van der Waals surface area (Å²) in [5.41, 5.74) is 1.75. The Labute approximate surface area is 228 Å². The van der Waals surface area contributed by atoms with E-state index in [1.807, 2.05) is 43.3 Å². The Bertz CT molecular complexity index is 1330. The summed E-state index contributed by atoms with van der Waals surface area (Å²) < 4.78 is 11.5. The quantitative estimate of drug-likeness (QED) is 0.343. The molecule has 2 aromatic carbocycles. The molecular weight excluding hydrogens is 504 g/mol. The third-order valence-corrected chi connectivity index (χ3v) is 7.57. The summed E-state index contributed by atoms with van der Waals surface area (Å²) >= 11 is 6.12. The van der Waals surface area contributed by atoms with Crippen LogP contribution in [0.15, 0.2) is 64.0 Å². The average Bonchev–Trinajstić information content (AvgIpc) is 3.43. The van der Waals surface area contributed by atoms with E-state index in [9.17, 15) is 14.4 Å². The number of amides is 2. The van der Waals surface area contributed by atoms with Crippen LogP contribution in [0.4, 0.5) is 0 Å². The molecule has 2 amide bonds. The van der Waals surface area contributed by atoms with Crippen molar-refractivity contribution < 1.29 is 18.7 Å². The molecule has 1 aliphatic heterocycles. The number of ether oxygens (including phenoxy) is 1. The van der Waals surface area contributed by atoms with E-state index in [2.05, 4.69) is 0 Å². The molecule has 38 heavy (non-hydrogen) atoms. The molecule has 0 bridgehead atoms. The van der Waals surface area contributed by atoms with Crippen LogP contribution in [-0.4, -0.2) is 53.3 Å². The second-order valence-electron chi connectivity index (χ2n) is 10.7. The van der Waals surface area contributed by atoms with Crippen LogP contribution in [0, 0.1) is 12.3 Å². The van der Waals surface area contributed by atoms with E-state index in [0.717, 1.165) is 24.0 Å². The van der Waals surface area contributed by atoms with Crippen LogP contribution in [0.1, 0.15) is 43.4 Å². The van der Waals surface area contributed by atoms with Crippen LogP contribution in [-0.2, 0) is 27.4 Å². The van der Waals surface area contributed by atoms with Crippen molar-refractivity contribution in [3.8, 4) is 0 Å².